The summed E-state index contributed by atoms with van der Waals surface area (Å²) in [6.07, 6.45) is 0.645. The first-order valence-corrected chi connectivity index (χ1v) is 7.13. The summed E-state index contributed by atoms with van der Waals surface area (Å²) >= 11 is 7.61. The van der Waals surface area contributed by atoms with E-state index < -0.39 is 0 Å². The Balaban J connectivity index is 2.00. The highest BCUT2D eigenvalue weighted by Gasteiger charge is 2.10. The number of rotatable bonds is 6. The van der Waals surface area contributed by atoms with Crippen LogP contribution < -0.4 is 5.84 Å². The molecule has 7 heteroatoms. The van der Waals surface area contributed by atoms with Crippen LogP contribution in [0.4, 0.5) is 0 Å². The van der Waals surface area contributed by atoms with Gasteiger partial charge in [-0.25, -0.2) is 4.68 Å². The van der Waals surface area contributed by atoms with E-state index in [1.807, 2.05) is 24.3 Å². The Morgan fingerprint density at radius 3 is 2.89 bits per heavy atom. The van der Waals surface area contributed by atoms with Gasteiger partial charge in [-0.3, -0.25) is 0 Å². The van der Waals surface area contributed by atoms with Crippen LogP contribution in [-0.4, -0.2) is 28.6 Å². The molecule has 0 aliphatic heterocycles. The number of aromatic nitrogens is 3. The Hall–Kier alpha value is -1.24. The molecule has 0 unspecified atom stereocenters. The number of nitrogens with two attached hydrogens (primary N) is 1. The van der Waals surface area contributed by atoms with E-state index >= 15 is 0 Å². The minimum absolute atomic E-state index is 0.574. The second-order valence-corrected chi connectivity index (χ2v) is 5.24. The molecule has 0 atom stereocenters. The van der Waals surface area contributed by atoms with E-state index in [2.05, 4.69) is 10.2 Å². The van der Waals surface area contributed by atoms with E-state index in [1.54, 1.807) is 7.11 Å². The van der Waals surface area contributed by atoms with Gasteiger partial charge in [-0.2, -0.15) is 0 Å². The molecule has 0 fully saturated rings. The van der Waals surface area contributed by atoms with E-state index in [9.17, 15) is 0 Å². The molecule has 0 aliphatic carbocycles. The lowest BCUT2D eigenvalue weighted by molar-refractivity contribution is 0.200. The molecule has 1 heterocycles. The summed E-state index contributed by atoms with van der Waals surface area (Å²) in [5.74, 6) is 7.35. The number of ether oxygens (including phenoxy) is 1. The van der Waals surface area contributed by atoms with Gasteiger partial charge in [0.05, 0.1) is 6.61 Å². The topological polar surface area (TPSA) is 66.0 Å². The summed E-state index contributed by atoms with van der Waals surface area (Å²) in [7, 11) is 1.64. The Bertz CT molecular complexity index is 546. The smallest absolute Gasteiger partial charge is 0.210 e. The molecule has 0 saturated heterocycles. The Labute approximate surface area is 121 Å². The van der Waals surface area contributed by atoms with Crippen LogP contribution in [-0.2, 0) is 16.9 Å². The number of benzene rings is 1. The van der Waals surface area contributed by atoms with Gasteiger partial charge < -0.3 is 10.6 Å². The van der Waals surface area contributed by atoms with E-state index in [4.69, 9.17) is 22.2 Å². The fourth-order valence-electron chi connectivity index (χ4n) is 1.53. The molecule has 1 aromatic carbocycles. The average Bonchev–Trinajstić information content (AvgIpc) is 2.76. The maximum atomic E-state index is 6.10. The van der Waals surface area contributed by atoms with Crippen molar-refractivity contribution in [2.24, 2.45) is 0 Å². The second-order valence-electron chi connectivity index (χ2n) is 3.89. The summed E-state index contributed by atoms with van der Waals surface area (Å²) in [5.41, 5.74) is 1.05. The number of hydrogen-bond donors (Lipinski definition) is 1. The summed E-state index contributed by atoms with van der Waals surface area (Å²) in [6.45, 7) is 0.574. The molecule has 2 rings (SSSR count). The molecule has 0 aliphatic rings. The number of nitrogens with zero attached hydrogens (tertiary/aromatic N) is 3. The van der Waals surface area contributed by atoms with Crippen LogP contribution in [0.3, 0.4) is 0 Å². The molecule has 2 N–H and O–H groups in total. The molecular weight excluding hydrogens is 284 g/mol. The van der Waals surface area contributed by atoms with E-state index in [0.29, 0.717) is 29.8 Å². The van der Waals surface area contributed by atoms with Gasteiger partial charge in [0, 0.05) is 24.3 Å². The van der Waals surface area contributed by atoms with Gasteiger partial charge >= 0.3 is 0 Å². The largest absolute Gasteiger partial charge is 0.384 e. The standard InChI is InChI=1S/C12H15ClN4OS/c1-18-7-6-11-15-16-12(17(11)14)19-8-9-4-2-3-5-10(9)13/h2-5H,6-8,14H2,1H3. The summed E-state index contributed by atoms with van der Waals surface area (Å²) in [5, 5.41) is 9.53. The highest BCUT2D eigenvalue weighted by atomic mass is 35.5. The third-order valence-electron chi connectivity index (χ3n) is 2.58. The Morgan fingerprint density at radius 1 is 1.37 bits per heavy atom. The fourth-order valence-corrected chi connectivity index (χ4v) is 2.69. The normalized spacial score (nSPS) is 10.8. The highest BCUT2D eigenvalue weighted by molar-refractivity contribution is 7.98. The van der Waals surface area contributed by atoms with Crippen molar-refractivity contribution in [1.29, 1.82) is 0 Å². The van der Waals surface area contributed by atoms with Crippen LogP contribution >= 0.6 is 23.4 Å². The molecule has 5 nitrogen and oxygen atoms in total. The van der Waals surface area contributed by atoms with Crippen LogP contribution in [0.25, 0.3) is 0 Å². The molecule has 19 heavy (non-hydrogen) atoms. The van der Waals surface area contributed by atoms with Crippen molar-refractivity contribution in [3.05, 3.63) is 40.7 Å². The van der Waals surface area contributed by atoms with Crippen molar-refractivity contribution in [1.82, 2.24) is 14.9 Å². The van der Waals surface area contributed by atoms with E-state index in [-0.39, 0.29) is 0 Å². The zero-order valence-corrected chi connectivity index (χ0v) is 12.1. The van der Waals surface area contributed by atoms with Crippen molar-refractivity contribution in [2.75, 3.05) is 19.6 Å². The maximum Gasteiger partial charge on any atom is 0.210 e. The summed E-state index contributed by atoms with van der Waals surface area (Å²) in [4.78, 5) is 0. The number of methoxy groups -OCH3 is 1. The van der Waals surface area contributed by atoms with Crippen molar-refractivity contribution in [2.45, 2.75) is 17.3 Å². The van der Waals surface area contributed by atoms with Gasteiger partial charge in [-0.05, 0) is 11.6 Å². The van der Waals surface area contributed by atoms with Crippen LogP contribution in [0.5, 0.6) is 0 Å². The Morgan fingerprint density at radius 2 is 2.16 bits per heavy atom. The first kappa shape index (κ1) is 14.2. The van der Waals surface area contributed by atoms with Gasteiger partial charge in [0.25, 0.3) is 0 Å². The molecule has 102 valence electrons. The number of halogens is 1. The molecule has 2 aromatic rings. The molecule has 0 saturated carbocycles. The van der Waals surface area contributed by atoms with E-state index in [1.165, 1.54) is 16.4 Å². The van der Waals surface area contributed by atoms with Gasteiger partial charge in [0.2, 0.25) is 5.16 Å². The molecule has 0 spiro atoms. The highest BCUT2D eigenvalue weighted by Crippen LogP contribution is 2.24. The predicted octanol–water partition coefficient (Wildman–Crippen LogP) is 2.13. The van der Waals surface area contributed by atoms with Crippen LogP contribution in [0.15, 0.2) is 29.4 Å². The summed E-state index contributed by atoms with van der Waals surface area (Å²) in [6, 6.07) is 7.72. The molecular formula is C12H15ClN4OS. The molecule has 0 amide bonds. The average molecular weight is 299 g/mol. The number of nitrogen functional groups attached to an aromatic ring is 1. The second kappa shape index (κ2) is 6.79. The Kier molecular flexibility index (Phi) is 5.07. The molecule has 1 aromatic heterocycles. The zero-order valence-electron chi connectivity index (χ0n) is 10.5. The van der Waals surface area contributed by atoms with Crippen LogP contribution in [0.2, 0.25) is 5.02 Å². The third-order valence-corrected chi connectivity index (χ3v) is 3.94. The minimum Gasteiger partial charge on any atom is -0.384 e. The van der Waals surface area contributed by atoms with Crippen molar-refractivity contribution in [3.63, 3.8) is 0 Å². The molecule has 0 bridgehead atoms. The van der Waals surface area contributed by atoms with Gasteiger partial charge in [-0.1, -0.05) is 41.6 Å². The van der Waals surface area contributed by atoms with Gasteiger partial charge in [0.15, 0.2) is 5.82 Å². The first-order chi connectivity index (χ1) is 9.22. The lowest BCUT2D eigenvalue weighted by atomic mass is 10.2. The SMILES string of the molecule is COCCc1nnc(SCc2ccccc2Cl)n1N. The van der Waals surface area contributed by atoms with Gasteiger partial charge in [-0.15, -0.1) is 10.2 Å². The fraction of sp³-hybridized carbons (Fsp3) is 0.333. The van der Waals surface area contributed by atoms with Crippen LogP contribution in [0, 0.1) is 0 Å². The van der Waals surface area contributed by atoms with Crippen molar-refractivity contribution in [3.8, 4) is 0 Å². The molecule has 0 radical (unpaired) electrons. The number of thioether (sulfide) groups is 1. The summed E-state index contributed by atoms with van der Waals surface area (Å²) < 4.78 is 6.49. The van der Waals surface area contributed by atoms with Crippen molar-refractivity contribution >= 4 is 23.4 Å². The minimum atomic E-state index is 0.574. The third kappa shape index (κ3) is 3.62. The number of hydrogen-bond acceptors (Lipinski definition) is 5. The van der Waals surface area contributed by atoms with Crippen LogP contribution in [0.1, 0.15) is 11.4 Å². The van der Waals surface area contributed by atoms with Gasteiger partial charge in [0.1, 0.15) is 0 Å². The van der Waals surface area contributed by atoms with Crippen molar-refractivity contribution < 1.29 is 4.74 Å². The lowest BCUT2D eigenvalue weighted by Crippen LogP contribution is -2.15. The predicted molar refractivity (Wildman–Crippen MR) is 76.8 cm³/mol. The monoisotopic (exact) mass is 298 g/mol. The maximum absolute atomic E-state index is 6.10. The lowest BCUT2D eigenvalue weighted by Gasteiger charge is -2.04. The quantitative estimate of drug-likeness (QED) is 0.654. The first-order valence-electron chi connectivity index (χ1n) is 5.77. The zero-order chi connectivity index (χ0) is 13.7. The van der Waals surface area contributed by atoms with E-state index in [0.717, 1.165) is 10.6 Å².